The fourth-order valence-corrected chi connectivity index (χ4v) is 4.45. The second-order valence-electron chi connectivity index (χ2n) is 6.27. The number of esters is 1. The molecule has 1 aliphatic rings. The minimum absolute atomic E-state index is 0.119. The van der Waals surface area contributed by atoms with Gasteiger partial charge in [-0.25, -0.2) is 17.9 Å². The van der Waals surface area contributed by atoms with E-state index < -0.39 is 16.0 Å². The number of carbonyl (C=O) groups is 1. The Morgan fingerprint density at radius 3 is 2.65 bits per heavy atom. The molecule has 0 spiro atoms. The first-order valence-electron chi connectivity index (χ1n) is 8.58. The number of hydrogen-bond donors (Lipinski definition) is 2. The molecule has 0 heterocycles. The first-order chi connectivity index (χ1) is 12.4. The van der Waals surface area contributed by atoms with Crippen molar-refractivity contribution in [1.82, 2.24) is 4.72 Å². The molecule has 0 saturated heterocycles. The molecular weight excluding hydrogens is 352 g/mol. The molecule has 0 bridgehead atoms. The van der Waals surface area contributed by atoms with Gasteiger partial charge in [0.15, 0.2) is 0 Å². The Bertz CT molecular complexity index is 908. The van der Waals surface area contributed by atoms with Crippen molar-refractivity contribution in [1.29, 1.82) is 0 Å². The number of nitrogens with one attached hydrogen (secondary N) is 1. The highest BCUT2D eigenvalue weighted by atomic mass is 32.2. The first-order valence-corrected chi connectivity index (χ1v) is 10.1. The average molecular weight is 374 g/mol. The zero-order chi connectivity index (χ0) is 18.7. The number of sulfonamides is 1. The highest BCUT2D eigenvalue weighted by molar-refractivity contribution is 7.89. The smallest absolute Gasteiger partial charge is 0.338 e. The average Bonchev–Trinajstić information content (AvgIpc) is 2.62. The maximum absolute atomic E-state index is 12.7. The molecule has 138 valence electrons. The molecule has 1 atom stereocenters. The van der Waals surface area contributed by atoms with Crippen molar-refractivity contribution < 1.29 is 17.9 Å². The first kappa shape index (κ1) is 18.4. The number of anilines is 1. The van der Waals surface area contributed by atoms with Crippen LogP contribution in [0, 0.1) is 0 Å². The van der Waals surface area contributed by atoms with Crippen LogP contribution >= 0.6 is 0 Å². The minimum Gasteiger partial charge on any atom is -0.462 e. The second kappa shape index (κ2) is 7.47. The molecule has 2 aromatic carbocycles. The van der Waals surface area contributed by atoms with Crippen LogP contribution < -0.4 is 10.5 Å². The number of benzene rings is 2. The number of ether oxygens (including phenoxy) is 1. The third kappa shape index (κ3) is 3.89. The summed E-state index contributed by atoms with van der Waals surface area (Å²) in [5, 5.41) is 0. The molecule has 0 fully saturated rings. The molecule has 7 heteroatoms. The van der Waals surface area contributed by atoms with E-state index in [-0.39, 0.29) is 17.5 Å². The van der Waals surface area contributed by atoms with E-state index >= 15 is 0 Å². The Balaban J connectivity index is 1.81. The van der Waals surface area contributed by atoms with Gasteiger partial charge < -0.3 is 10.5 Å². The lowest BCUT2D eigenvalue weighted by molar-refractivity contribution is 0.0526. The molecule has 0 aliphatic heterocycles. The lowest BCUT2D eigenvalue weighted by atomic mass is 9.88. The van der Waals surface area contributed by atoms with Gasteiger partial charge in [-0.2, -0.15) is 0 Å². The Kier molecular flexibility index (Phi) is 5.29. The predicted molar refractivity (Wildman–Crippen MR) is 99.3 cm³/mol. The van der Waals surface area contributed by atoms with Crippen molar-refractivity contribution in [2.75, 3.05) is 12.3 Å². The van der Waals surface area contributed by atoms with Gasteiger partial charge in [0.05, 0.1) is 17.1 Å². The van der Waals surface area contributed by atoms with Crippen LogP contribution in [-0.2, 0) is 21.2 Å². The largest absolute Gasteiger partial charge is 0.462 e. The van der Waals surface area contributed by atoms with Crippen LogP contribution in [0.3, 0.4) is 0 Å². The molecule has 1 unspecified atom stereocenters. The molecule has 26 heavy (non-hydrogen) atoms. The van der Waals surface area contributed by atoms with Crippen LogP contribution in [0.2, 0.25) is 0 Å². The monoisotopic (exact) mass is 374 g/mol. The second-order valence-corrected chi connectivity index (χ2v) is 7.98. The van der Waals surface area contributed by atoms with Crippen LogP contribution in [0.25, 0.3) is 0 Å². The molecule has 2 aromatic rings. The van der Waals surface area contributed by atoms with E-state index in [1.807, 2.05) is 12.1 Å². The third-order valence-electron chi connectivity index (χ3n) is 4.45. The van der Waals surface area contributed by atoms with Gasteiger partial charge in [0.1, 0.15) is 0 Å². The number of carbonyl (C=O) groups excluding carboxylic acids is 1. The molecule has 3 rings (SSSR count). The normalized spacial score (nSPS) is 16.7. The zero-order valence-electron chi connectivity index (χ0n) is 14.6. The van der Waals surface area contributed by atoms with Crippen LogP contribution in [0.5, 0.6) is 0 Å². The summed E-state index contributed by atoms with van der Waals surface area (Å²) in [5.41, 5.74) is 8.89. The Morgan fingerprint density at radius 2 is 1.96 bits per heavy atom. The van der Waals surface area contributed by atoms with E-state index in [0.29, 0.717) is 11.3 Å². The maximum Gasteiger partial charge on any atom is 0.338 e. The van der Waals surface area contributed by atoms with Crippen molar-refractivity contribution in [2.24, 2.45) is 0 Å². The Morgan fingerprint density at radius 1 is 1.23 bits per heavy atom. The molecule has 6 nitrogen and oxygen atoms in total. The van der Waals surface area contributed by atoms with Crippen molar-refractivity contribution in [3.63, 3.8) is 0 Å². The van der Waals surface area contributed by atoms with Crippen LogP contribution in [0.15, 0.2) is 47.4 Å². The van der Waals surface area contributed by atoms with E-state index in [4.69, 9.17) is 10.5 Å². The fourth-order valence-electron chi connectivity index (χ4n) is 3.20. The maximum atomic E-state index is 12.7. The quantitative estimate of drug-likeness (QED) is 0.619. The van der Waals surface area contributed by atoms with Crippen LogP contribution in [-0.4, -0.2) is 21.0 Å². The summed E-state index contributed by atoms with van der Waals surface area (Å²) < 4.78 is 33.1. The number of hydrogen-bond acceptors (Lipinski definition) is 5. The van der Waals surface area contributed by atoms with Crippen molar-refractivity contribution in [2.45, 2.75) is 37.1 Å². The summed E-state index contributed by atoms with van der Waals surface area (Å²) in [4.78, 5) is 11.8. The van der Waals surface area contributed by atoms with Gasteiger partial charge in [0.2, 0.25) is 10.0 Å². The molecule has 3 N–H and O–H groups in total. The summed E-state index contributed by atoms with van der Waals surface area (Å²) in [6, 6.07) is 11.1. The van der Waals surface area contributed by atoms with Gasteiger partial charge in [-0.15, -0.1) is 0 Å². The molecule has 0 radical (unpaired) electrons. The SMILES string of the molecule is CCOC(=O)c1ccc(S(=O)(=O)NC2CCCc3cc(N)ccc32)cc1. The summed E-state index contributed by atoms with van der Waals surface area (Å²) in [6.07, 6.45) is 2.52. The topological polar surface area (TPSA) is 98.5 Å². The lowest BCUT2D eigenvalue weighted by Gasteiger charge is -2.26. The third-order valence-corrected chi connectivity index (χ3v) is 5.94. The number of nitrogen functional groups attached to an aromatic ring is 1. The summed E-state index contributed by atoms with van der Waals surface area (Å²) in [6.45, 7) is 1.99. The number of fused-ring (bicyclic) bond motifs is 1. The number of rotatable bonds is 5. The van der Waals surface area contributed by atoms with Gasteiger partial charge in [0.25, 0.3) is 0 Å². The molecule has 0 saturated carbocycles. The molecule has 1 aliphatic carbocycles. The van der Waals surface area contributed by atoms with Crippen LogP contribution in [0.1, 0.15) is 47.3 Å². The van der Waals surface area contributed by atoms with Crippen molar-refractivity contribution >= 4 is 21.7 Å². The minimum atomic E-state index is -3.70. The number of aryl methyl sites for hydroxylation is 1. The van der Waals surface area contributed by atoms with Crippen molar-refractivity contribution in [3.8, 4) is 0 Å². The summed E-state index contributed by atoms with van der Waals surface area (Å²) >= 11 is 0. The standard InChI is InChI=1S/C19H22N2O4S/c1-2-25-19(22)13-6-9-16(10-7-13)26(23,24)21-18-5-3-4-14-12-15(20)8-11-17(14)18/h6-12,18,21H,2-5,20H2,1H3. The fraction of sp³-hybridized carbons (Fsp3) is 0.316. The Labute approximate surface area is 153 Å². The van der Waals surface area contributed by atoms with Crippen LogP contribution in [0.4, 0.5) is 5.69 Å². The summed E-state index contributed by atoms with van der Waals surface area (Å²) in [5.74, 6) is -0.469. The number of nitrogens with two attached hydrogens (primary N) is 1. The highest BCUT2D eigenvalue weighted by Gasteiger charge is 2.26. The van der Waals surface area contributed by atoms with E-state index in [1.165, 1.54) is 24.3 Å². The van der Waals surface area contributed by atoms with Gasteiger partial charge in [0, 0.05) is 11.7 Å². The lowest BCUT2D eigenvalue weighted by Crippen LogP contribution is -2.31. The van der Waals surface area contributed by atoms with Gasteiger partial charge in [-0.05, 0) is 73.7 Å². The van der Waals surface area contributed by atoms with E-state index in [1.54, 1.807) is 13.0 Å². The Hall–Kier alpha value is -2.38. The molecular formula is C19H22N2O4S. The van der Waals surface area contributed by atoms with E-state index in [9.17, 15) is 13.2 Å². The predicted octanol–water partition coefficient (Wildman–Crippen LogP) is 2.80. The zero-order valence-corrected chi connectivity index (χ0v) is 15.4. The van der Waals surface area contributed by atoms with Gasteiger partial charge in [-0.3, -0.25) is 0 Å². The summed E-state index contributed by atoms with van der Waals surface area (Å²) in [7, 11) is -3.70. The van der Waals surface area contributed by atoms with Crippen molar-refractivity contribution in [3.05, 3.63) is 59.2 Å². The van der Waals surface area contributed by atoms with Gasteiger partial charge in [-0.1, -0.05) is 6.07 Å². The molecule has 0 aromatic heterocycles. The van der Waals surface area contributed by atoms with E-state index in [2.05, 4.69) is 4.72 Å². The highest BCUT2D eigenvalue weighted by Crippen LogP contribution is 2.32. The molecule has 0 amide bonds. The van der Waals surface area contributed by atoms with E-state index in [0.717, 1.165) is 30.4 Å². The van der Waals surface area contributed by atoms with Gasteiger partial charge >= 0.3 is 5.97 Å².